The van der Waals surface area contributed by atoms with Crippen molar-refractivity contribution in [3.8, 4) is 50.6 Å². The van der Waals surface area contributed by atoms with E-state index in [9.17, 15) is 0 Å². The number of hydrogen-bond acceptors (Lipinski definition) is 3. The summed E-state index contributed by atoms with van der Waals surface area (Å²) in [5, 5.41) is 0.921. The van der Waals surface area contributed by atoms with Crippen molar-refractivity contribution in [3.05, 3.63) is 186 Å². The minimum atomic E-state index is -2.18. The van der Waals surface area contributed by atoms with Gasteiger partial charge in [-0.1, -0.05) is 134 Å². The van der Waals surface area contributed by atoms with E-state index in [2.05, 4.69) is 108 Å². The van der Waals surface area contributed by atoms with Crippen molar-refractivity contribution in [2.75, 3.05) is 0 Å². The van der Waals surface area contributed by atoms with Crippen LogP contribution in [0.1, 0.15) is 51.6 Å². The Morgan fingerprint density at radius 2 is 1.40 bits per heavy atom. The number of aromatic nitrogens is 3. The van der Waals surface area contributed by atoms with E-state index >= 15 is 0 Å². The topological polar surface area (TPSA) is 43.9 Å². The summed E-state index contributed by atoms with van der Waals surface area (Å²) in [6.45, 7) is 1.58. The second-order valence-corrected chi connectivity index (χ2v) is 13.4. The molecule has 55 heavy (non-hydrogen) atoms. The summed E-state index contributed by atoms with van der Waals surface area (Å²) in [5.74, 6) is 0.0341. The smallest absolute Gasteiger partial charge is 0.0774 e. The predicted octanol–water partition coefficient (Wildman–Crippen LogP) is 13.2. The van der Waals surface area contributed by atoms with Crippen LogP contribution in [-0.2, 0) is 20.1 Å². The molecule has 0 aliphatic carbocycles. The zero-order valence-electron chi connectivity index (χ0n) is 37.5. The summed E-state index contributed by atoms with van der Waals surface area (Å²) in [7, 11) is 0. The average Bonchev–Trinajstić information content (AvgIpc) is 3.85. The van der Waals surface area contributed by atoms with E-state index < -0.39 is 19.6 Å². The maximum absolute atomic E-state index is 8.50. The van der Waals surface area contributed by atoms with E-state index in [0.717, 1.165) is 61.3 Å². The molecule has 0 amide bonds. The fourth-order valence-electron chi connectivity index (χ4n) is 6.70. The first-order valence-corrected chi connectivity index (χ1v) is 17.7. The number of para-hydroxylation sites is 2. The van der Waals surface area contributed by atoms with E-state index in [-0.39, 0.29) is 31.2 Å². The van der Waals surface area contributed by atoms with Crippen molar-refractivity contribution in [3.63, 3.8) is 0 Å². The second kappa shape index (κ2) is 16.2. The summed E-state index contributed by atoms with van der Waals surface area (Å²) >= 11 is 0. The van der Waals surface area contributed by atoms with Crippen molar-refractivity contribution >= 4 is 22.0 Å². The van der Waals surface area contributed by atoms with Crippen LogP contribution in [0.2, 0.25) is 0 Å². The molecule has 4 nitrogen and oxygen atoms in total. The number of furan rings is 1. The van der Waals surface area contributed by atoms with Gasteiger partial charge in [-0.2, -0.15) is 0 Å². The molecule has 0 fully saturated rings. The van der Waals surface area contributed by atoms with Gasteiger partial charge in [0.15, 0.2) is 0 Å². The molecule has 0 saturated heterocycles. The Morgan fingerprint density at radius 3 is 2.02 bits per heavy atom. The Balaban J connectivity index is 0.000000233. The third kappa shape index (κ3) is 7.73. The first kappa shape index (κ1) is 29.5. The van der Waals surface area contributed by atoms with Gasteiger partial charge >= 0.3 is 0 Å². The van der Waals surface area contributed by atoms with E-state index in [1.54, 1.807) is 12.1 Å². The molecule has 9 rings (SSSR count). The zero-order valence-corrected chi connectivity index (χ0v) is 32.9. The minimum Gasteiger partial charge on any atom is -0.557 e. The normalized spacial score (nSPS) is 13.5. The molecule has 3 heterocycles. The zero-order chi connectivity index (χ0) is 43.1. The van der Waals surface area contributed by atoms with E-state index in [4.69, 9.17) is 19.0 Å². The van der Waals surface area contributed by atoms with Crippen LogP contribution < -0.4 is 0 Å². The monoisotopic (exact) mass is 899 g/mol. The summed E-state index contributed by atoms with van der Waals surface area (Å²) in [4.78, 5) is 9.25. The van der Waals surface area contributed by atoms with Gasteiger partial charge < -0.3 is 14.0 Å². The first-order valence-electron chi connectivity index (χ1n) is 21.2. The summed E-state index contributed by atoms with van der Waals surface area (Å²) in [6, 6.07) is 50.3. The van der Waals surface area contributed by atoms with Crippen LogP contribution in [0.25, 0.3) is 72.6 Å². The fourth-order valence-corrected chi connectivity index (χ4v) is 6.70. The average molecular weight is 899 g/mol. The molecule has 9 aromatic rings. The molecule has 0 saturated carbocycles. The van der Waals surface area contributed by atoms with E-state index in [0.29, 0.717) is 16.8 Å². The van der Waals surface area contributed by atoms with E-state index in [1.165, 1.54) is 30.0 Å². The van der Waals surface area contributed by atoms with Crippen molar-refractivity contribution in [2.45, 2.75) is 40.4 Å². The Labute approximate surface area is 346 Å². The molecule has 5 heteroatoms. The molecule has 6 aromatic carbocycles. The number of pyridine rings is 1. The van der Waals surface area contributed by atoms with Gasteiger partial charge in [0.25, 0.3) is 0 Å². The summed E-state index contributed by atoms with van der Waals surface area (Å²) in [5.41, 5.74) is 12.6. The Morgan fingerprint density at radius 1 is 0.727 bits per heavy atom. The van der Waals surface area contributed by atoms with Crippen molar-refractivity contribution in [1.82, 2.24) is 14.5 Å². The standard InChI is InChI=1S/C37H29N2O.C13H12N.Ir/c1-24(2)28-18-19-29-32(23-40-35(29)22-28)37-38-33-16-10-11-17-34(33)39(37)36-30(26-12-6-4-7-13-26)20-25(3)21-31(36)27-14-8-5-9-15-27;1-10-3-6-12(7-4-10)13-8-5-11(2)9-14-13;/h4-22,24H,1-3H3;3-6,8-9H,1-2H3;/q2*-1;/i24D;1D3,2D3;. The van der Waals surface area contributed by atoms with Crippen molar-refractivity contribution in [2.24, 2.45) is 0 Å². The van der Waals surface area contributed by atoms with Crippen molar-refractivity contribution < 1.29 is 34.1 Å². The fraction of sp³-hybridized carbons (Fsp3) is 0.120. The summed E-state index contributed by atoms with van der Waals surface area (Å²) in [6.07, 6.45) is 4.49. The molecule has 0 bridgehead atoms. The first-order chi connectivity index (χ1) is 29.1. The van der Waals surface area contributed by atoms with Crippen LogP contribution in [0.15, 0.2) is 156 Å². The molecular weight excluding hydrogens is 851 g/mol. The Hall–Kier alpha value is -5.87. The third-order valence-corrected chi connectivity index (χ3v) is 9.38. The largest absolute Gasteiger partial charge is 0.557 e. The van der Waals surface area contributed by atoms with E-state index in [1.807, 2.05) is 50.2 Å². The molecule has 1 radical (unpaired) electrons. The number of nitrogens with zero attached hydrogens (tertiary/aromatic N) is 3. The Bertz CT molecular complexity index is 2850. The molecule has 0 N–H and O–H groups in total. The molecule has 273 valence electrons. The molecule has 0 aliphatic heterocycles. The number of hydrogen-bond donors (Lipinski definition) is 0. The SMILES string of the molecule is [2H]C(C)(C)c1ccc2c(-c3nc4ccccc4n3-c3c(-c4ccccc4)cc(C)cc3-c3ccccc3)[c-]oc2c1.[2H]C([2H])([2H])c1c[c-]c(-c2ccc(C([2H])([2H])[2H])cn2)cc1.[Ir]. The summed E-state index contributed by atoms with van der Waals surface area (Å²) < 4.78 is 60.4. The Kier molecular flexibility index (Phi) is 8.71. The van der Waals surface area contributed by atoms with Gasteiger partial charge in [0, 0.05) is 58.9 Å². The van der Waals surface area contributed by atoms with Crippen LogP contribution >= 0.6 is 0 Å². The predicted molar refractivity (Wildman–Crippen MR) is 223 cm³/mol. The van der Waals surface area contributed by atoms with Gasteiger partial charge in [0.05, 0.1) is 22.5 Å². The molecule has 0 spiro atoms. The van der Waals surface area contributed by atoms with Gasteiger partial charge in [-0.05, 0) is 71.9 Å². The number of rotatable bonds is 6. The van der Waals surface area contributed by atoms with Crippen molar-refractivity contribution in [1.29, 1.82) is 0 Å². The maximum atomic E-state index is 8.50. The molecule has 3 aromatic heterocycles. The minimum absolute atomic E-state index is 0. The van der Waals surface area contributed by atoms with Crippen LogP contribution in [0, 0.1) is 33.0 Å². The molecule has 0 atom stereocenters. The van der Waals surface area contributed by atoms with Crippen LogP contribution in [0.3, 0.4) is 0 Å². The van der Waals surface area contributed by atoms with Gasteiger partial charge in [-0.15, -0.1) is 41.5 Å². The van der Waals surface area contributed by atoms with Gasteiger partial charge in [0.1, 0.15) is 0 Å². The maximum Gasteiger partial charge on any atom is 0.0774 e. The molecular formula is C50H41IrN3O-2. The van der Waals surface area contributed by atoms with Crippen LogP contribution in [0.5, 0.6) is 0 Å². The van der Waals surface area contributed by atoms with Gasteiger partial charge in [-0.3, -0.25) is 4.98 Å². The van der Waals surface area contributed by atoms with Gasteiger partial charge in [0.2, 0.25) is 0 Å². The number of aryl methyl sites for hydroxylation is 3. The number of imidazole rings is 1. The second-order valence-electron chi connectivity index (χ2n) is 13.4. The number of fused-ring (bicyclic) bond motifs is 2. The van der Waals surface area contributed by atoms with Gasteiger partial charge in [-0.25, -0.2) is 0 Å². The molecule has 0 unspecified atom stereocenters. The third-order valence-electron chi connectivity index (χ3n) is 9.38. The number of benzene rings is 6. The quantitative estimate of drug-likeness (QED) is 0.156. The molecule has 0 aliphatic rings. The van der Waals surface area contributed by atoms with Crippen LogP contribution in [-0.4, -0.2) is 14.5 Å². The van der Waals surface area contributed by atoms with Crippen LogP contribution in [0.4, 0.5) is 0 Å².